The van der Waals surface area contributed by atoms with Crippen LogP contribution in [0.3, 0.4) is 0 Å². The number of ether oxygens (including phenoxy) is 2. The van der Waals surface area contributed by atoms with Crippen LogP contribution in [0.25, 0.3) is 22.0 Å². The van der Waals surface area contributed by atoms with Gasteiger partial charge in [0.25, 0.3) is 5.91 Å². The van der Waals surface area contributed by atoms with Crippen LogP contribution in [0.5, 0.6) is 11.5 Å². The van der Waals surface area contributed by atoms with E-state index in [0.717, 1.165) is 89.0 Å². The van der Waals surface area contributed by atoms with Crippen molar-refractivity contribution in [1.29, 1.82) is 0 Å². The second-order valence-electron chi connectivity index (χ2n) is 16.1. The van der Waals surface area contributed by atoms with E-state index in [9.17, 15) is 22.2 Å². The summed E-state index contributed by atoms with van der Waals surface area (Å²) in [6.45, 7) is 10.6. The molecule has 4 aromatic carbocycles. The Morgan fingerprint density at radius 2 is 1.66 bits per heavy atom. The molecule has 0 bridgehead atoms. The topological polar surface area (TPSA) is 157 Å². The summed E-state index contributed by atoms with van der Waals surface area (Å²) >= 11 is 0. The molecule has 0 radical (unpaired) electrons. The number of unbranched alkanes of at least 4 members (excludes halogenated alkanes) is 1. The molecule has 1 fully saturated rings. The van der Waals surface area contributed by atoms with Crippen LogP contribution in [0, 0.1) is 6.92 Å². The second-order valence-corrected chi connectivity index (χ2v) is 19.5. The highest BCUT2D eigenvalue weighted by Crippen LogP contribution is 2.39. The Morgan fingerprint density at radius 3 is 2.36 bits per heavy atom. The van der Waals surface area contributed by atoms with E-state index in [4.69, 9.17) is 14.5 Å². The molecule has 1 saturated heterocycles. The summed E-state index contributed by atoms with van der Waals surface area (Å²) in [5.41, 5.74) is 6.44. The number of carbonyl (C=O) groups excluding carboxylic acids is 2. The number of ketones is 1. The molecule has 0 saturated carbocycles. The van der Waals surface area contributed by atoms with E-state index >= 15 is 0 Å². The number of benzene rings is 4. The Balaban J connectivity index is 1.15. The van der Waals surface area contributed by atoms with Gasteiger partial charge in [0.15, 0.2) is 11.5 Å². The number of anilines is 2. The summed E-state index contributed by atoms with van der Waals surface area (Å²) in [5.74, 6) is 2.51. The minimum Gasteiger partial charge on any atom is -0.496 e. The maximum absolute atomic E-state index is 13.8. The van der Waals surface area contributed by atoms with Crippen molar-refractivity contribution in [3.63, 3.8) is 0 Å². The van der Waals surface area contributed by atoms with Gasteiger partial charge < -0.3 is 19.7 Å². The van der Waals surface area contributed by atoms with Crippen LogP contribution in [0.1, 0.15) is 83.3 Å². The molecule has 1 aliphatic rings. The number of sulfonamides is 1. The van der Waals surface area contributed by atoms with E-state index in [1.165, 1.54) is 7.11 Å². The predicted octanol–water partition coefficient (Wildman–Crippen LogP) is 7.55. The summed E-state index contributed by atoms with van der Waals surface area (Å²) in [5, 5.41) is 3.79. The summed E-state index contributed by atoms with van der Waals surface area (Å²) in [6, 6.07) is 20.5. The van der Waals surface area contributed by atoms with Crippen molar-refractivity contribution in [2.45, 2.75) is 58.8 Å². The Bertz CT molecular complexity index is 2510. The van der Waals surface area contributed by atoms with Crippen LogP contribution in [0.15, 0.2) is 72.9 Å². The van der Waals surface area contributed by atoms with Gasteiger partial charge in [-0.1, -0.05) is 39.0 Å². The molecule has 0 spiro atoms. The molecule has 1 aliphatic heterocycles. The number of methoxy groups -OCH3 is 2. The molecule has 0 unspecified atom stereocenters. The molecule has 0 aliphatic carbocycles. The van der Waals surface area contributed by atoms with Crippen LogP contribution in [0.2, 0.25) is 0 Å². The van der Waals surface area contributed by atoms with E-state index in [1.54, 1.807) is 31.5 Å². The standard InChI is InChI=1S/C45H53N5O7S2/c1-29-11-13-32(44(52)48-38-26-34(45(2,3)4)27-39(43(38)57-6)49-59(7,54)55)25-36(29)31-14-16-37-33(24-31)28-46-42(47-37)23-30-12-15-35(41(22-30)56-5)40(51)10-8-9-17-50-18-20-58(53)21-19-50/h11-16,22,24-28,49H,8-10,17-21,23H2,1-7H3,(H,48,52). The molecule has 1 amide bonds. The third kappa shape index (κ3) is 11.1. The zero-order valence-corrected chi connectivity index (χ0v) is 36.4. The number of Topliss-reactive ketones (excluding diaryl/α,β-unsaturated/α-hetero) is 1. The SMILES string of the molecule is COc1cc(Cc2ncc3cc(-c4cc(C(=O)Nc5cc(C(C)(C)C)cc(NS(C)(=O)=O)c5OC)ccc4C)ccc3n2)ccc1C(=O)CCCCN1CCS(=O)CC1. The zero-order valence-electron chi connectivity index (χ0n) is 34.8. The average Bonchev–Trinajstić information content (AvgIpc) is 3.19. The number of hydrogen-bond donors (Lipinski definition) is 2. The average molecular weight is 840 g/mol. The van der Waals surface area contributed by atoms with Gasteiger partial charge in [0.2, 0.25) is 10.0 Å². The third-order valence-corrected chi connectivity index (χ3v) is 12.3. The van der Waals surface area contributed by atoms with E-state index < -0.39 is 20.8 Å². The van der Waals surface area contributed by atoms with Crippen molar-refractivity contribution in [1.82, 2.24) is 14.9 Å². The van der Waals surface area contributed by atoms with Gasteiger partial charge in [-0.3, -0.25) is 18.5 Å². The van der Waals surface area contributed by atoms with Gasteiger partial charge in [-0.25, -0.2) is 18.4 Å². The number of nitrogens with zero attached hydrogens (tertiary/aromatic N) is 3. The maximum atomic E-state index is 13.8. The highest BCUT2D eigenvalue weighted by atomic mass is 32.2. The lowest BCUT2D eigenvalue weighted by Crippen LogP contribution is -2.38. The summed E-state index contributed by atoms with van der Waals surface area (Å²) in [7, 11) is -1.32. The zero-order chi connectivity index (χ0) is 42.5. The number of amides is 1. The summed E-state index contributed by atoms with van der Waals surface area (Å²) < 4.78 is 49.8. The fourth-order valence-corrected chi connectivity index (χ4v) is 8.84. The van der Waals surface area contributed by atoms with Crippen LogP contribution in [0.4, 0.5) is 11.4 Å². The highest BCUT2D eigenvalue weighted by molar-refractivity contribution is 7.92. The molecule has 2 heterocycles. The van der Waals surface area contributed by atoms with E-state index in [2.05, 4.69) is 19.9 Å². The largest absolute Gasteiger partial charge is 0.496 e. The quantitative estimate of drug-likeness (QED) is 0.0797. The lowest BCUT2D eigenvalue weighted by Gasteiger charge is -2.25. The molecular weight excluding hydrogens is 787 g/mol. The van der Waals surface area contributed by atoms with Crippen LogP contribution in [-0.4, -0.2) is 90.8 Å². The van der Waals surface area contributed by atoms with Crippen molar-refractivity contribution in [3.05, 3.63) is 107 Å². The molecular formula is C45H53N5O7S2. The smallest absolute Gasteiger partial charge is 0.255 e. The number of rotatable bonds is 15. The number of carbonyl (C=O) groups is 2. The first kappa shape index (κ1) is 43.4. The third-order valence-electron chi connectivity index (χ3n) is 10.5. The van der Waals surface area contributed by atoms with Gasteiger partial charge in [0.05, 0.1) is 42.9 Å². The van der Waals surface area contributed by atoms with Crippen LogP contribution in [-0.2, 0) is 32.7 Å². The van der Waals surface area contributed by atoms with Gasteiger partial charge in [-0.2, -0.15) is 0 Å². The Hall–Kier alpha value is -5.18. The molecule has 14 heteroatoms. The molecule has 6 rings (SSSR count). The fraction of sp³-hybridized carbons (Fsp3) is 0.378. The number of fused-ring (bicyclic) bond motifs is 1. The van der Waals surface area contributed by atoms with Crippen molar-refractivity contribution in [3.8, 4) is 22.6 Å². The fourth-order valence-electron chi connectivity index (χ4n) is 7.16. The van der Waals surface area contributed by atoms with E-state index in [0.29, 0.717) is 41.2 Å². The van der Waals surface area contributed by atoms with Crippen molar-refractivity contribution < 1.29 is 31.7 Å². The number of aryl methyl sites for hydroxylation is 1. The van der Waals surface area contributed by atoms with E-state index in [1.807, 2.05) is 76.2 Å². The van der Waals surface area contributed by atoms with E-state index in [-0.39, 0.29) is 28.5 Å². The summed E-state index contributed by atoms with van der Waals surface area (Å²) in [4.78, 5) is 38.7. The number of aromatic nitrogens is 2. The normalized spacial score (nSPS) is 13.9. The summed E-state index contributed by atoms with van der Waals surface area (Å²) in [6.07, 6.45) is 5.46. The Labute approximate surface area is 349 Å². The molecule has 312 valence electrons. The lowest BCUT2D eigenvalue weighted by atomic mass is 9.86. The minimum absolute atomic E-state index is 0.0523. The number of hydrogen-bond acceptors (Lipinski definition) is 10. The van der Waals surface area contributed by atoms with Gasteiger partial charge in [-0.05, 0) is 108 Å². The van der Waals surface area contributed by atoms with Crippen LogP contribution < -0.4 is 19.5 Å². The first-order valence-electron chi connectivity index (χ1n) is 19.7. The molecule has 0 atom stereocenters. The highest BCUT2D eigenvalue weighted by Gasteiger charge is 2.23. The van der Waals surface area contributed by atoms with Crippen molar-refractivity contribution in [2.75, 3.05) is 61.7 Å². The molecule has 1 aromatic heterocycles. The number of nitrogens with one attached hydrogen (secondary N) is 2. The molecule has 2 N–H and O–H groups in total. The molecule has 59 heavy (non-hydrogen) atoms. The van der Waals surface area contributed by atoms with Gasteiger partial charge in [0.1, 0.15) is 11.6 Å². The van der Waals surface area contributed by atoms with Crippen molar-refractivity contribution >= 4 is 54.8 Å². The van der Waals surface area contributed by atoms with Crippen molar-refractivity contribution in [2.24, 2.45) is 0 Å². The Morgan fingerprint density at radius 1 is 0.915 bits per heavy atom. The monoisotopic (exact) mass is 839 g/mol. The van der Waals surface area contributed by atoms with Gasteiger partial charge >= 0.3 is 0 Å². The second kappa shape index (κ2) is 18.4. The first-order valence-corrected chi connectivity index (χ1v) is 23.0. The lowest BCUT2D eigenvalue weighted by molar-refractivity contribution is 0.0973. The maximum Gasteiger partial charge on any atom is 0.255 e. The molecule has 5 aromatic rings. The first-order chi connectivity index (χ1) is 28.0. The van der Waals surface area contributed by atoms with Gasteiger partial charge in [-0.15, -0.1) is 0 Å². The van der Waals surface area contributed by atoms with Crippen LogP contribution >= 0.6 is 0 Å². The predicted molar refractivity (Wildman–Crippen MR) is 236 cm³/mol. The molecule has 12 nitrogen and oxygen atoms in total. The Kier molecular flexibility index (Phi) is 13.5. The van der Waals surface area contributed by atoms with Gasteiger partial charge in [0, 0.05) is 65.4 Å². The minimum atomic E-state index is -3.63.